The molecule has 0 N–H and O–H groups in total. The fourth-order valence-electron chi connectivity index (χ4n) is 5.89. The van der Waals surface area contributed by atoms with E-state index in [0.29, 0.717) is 54.7 Å². The van der Waals surface area contributed by atoms with Gasteiger partial charge in [-0.1, -0.05) is 53.8 Å². The maximum Gasteiger partial charge on any atom is 0.338 e. The molecule has 0 bridgehead atoms. The van der Waals surface area contributed by atoms with Crippen LogP contribution in [0.2, 0.25) is 0 Å². The number of rotatable bonds is 8. The fourth-order valence-corrected chi connectivity index (χ4v) is 6.87. The minimum Gasteiger partial charge on any atom is -0.463 e. The van der Waals surface area contributed by atoms with Crippen molar-refractivity contribution in [2.75, 3.05) is 13.4 Å². The van der Waals surface area contributed by atoms with Crippen LogP contribution in [0, 0.1) is 6.92 Å². The van der Waals surface area contributed by atoms with Gasteiger partial charge in [0, 0.05) is 17.2 Å². The van der Waals surface area contributed by atoms with Gasteiger partial charge in [0.1, 0.15) is 11.5 Å². The van der Waals surface area contributed by atoms with Gasteiger partial charge in [0.25, 0.3) is 5.56 Å². The Bertz CT molecular complexity index is 2310. The molecule has 0 spiro atoms. The fraction of sp³-hybridized carbons (Fsp3) is 0.211. The van der Waals surface area contributed by atoms with E-state index in [4.69, 9.17) is 28.4 Å². The summed E-state index contributed by atoms with van der Waals surface area (Å²) in [5.41, 5.74) is 3.76. The Morgan fingerprint density at radius 1 is 1.00 bits per heavy atom. The van der Waals surface area contributed by atoms with Gasteiger partial charge < -0.3 is 23.4 Å². The van der Waals surface area contributed by atoms with Gasteiger partial charge in [-0.3, -0.25) is 9.36 Å². The topological polar surface area (TPSA) is 119 Å². The number of hydrogen-bond acceptors (Lipinski definition) is 10. The minimum atomic E-state index is -0.863. The molecule has 0 unspecified atom stereocenters. The van der Waals surface area contributed by atoms with Crippen molar-refractivity contribution >= 4 is 35.0 Å². The van der Waals surface area contributed by atoms with Crippen LogP contribution >= 0.6 is 11.3 Å². The average molecular weight is 677 g/mol. The number of hydrogen-bond donors (Lipinski definition) is 0. The average Bonchev–Trinajstić information content (AvgIpc) is 3.83. The first-order valence-electron chi connectivity index (χ1n) is 15.8. The molecule has 11 heteroatoms. The van der Waals surface area contributed by atoms with Crippen LogP contribution in [0.3, 0.4) is 0 Å². The second-order valence-electron chi connectivity index (χ2n) is 11.7. The third kappa shape index (κ3) is 6.09. The molecule has 2 aromatic heterocycles. The predicted molar refractivity (Wildman–Crippen MR) is 183 cm³/mol. The number of aryl methyl sites for hydroxylation is 1. The Morgan fingerprint density at radius 3 is 2.55 bits per heavy atom. The first-order valence-corrected chi connectivity index (χ1v) is 16.6. The van der Waals surface area contributed by atoms with Crippen LogP contribution in [0.1, 0.15) is 59.6 Å². The Balaban J connectivity index is 1.34. The second-order valence-corrected chi connectivity index (χ2v) is 12.7. The normalized spacial score (nSPS) is 15.3. The smallest absolute Gasteiger partial charge is 0.338 e. The maximum atomic E-state index is 14.3. The Labute approximate surface area is 285 Å². The van der Waals surface area contributed by atoms with Crippen molar-refractivity contribution in [1.29, 1.82) is 0 Å². The highest BCUT2D eigenvalue weighted by Crippen LogP contribution is 2.40. The maximum absolute atomic E-state index is 14.3. The summed E-state index contributed by atoms with van der Waals surface area (Å²) in [4.78, 5) is 45.7. The van der Waals surface area contributed by atoms with E-state index in [1.165, 1.54) is 15.9 Å². The molecule has 2 aliphatic rings. The molecule has 3 aromatic carbocycles. The lowest BCUT2D eigenvalue weighted by atomic mass is 9.93. The summed E-state index contributed by atoms with van der Waals surface area (Å²) in [6.07, 6.45) is 1.45. The number of nitrogens with zero attached hydrogens (tertiary/aromatic N) is 2. The van der Waals surface area contributed by atoms with Crippen LogP contribution in [0.15, 0.2) is 98.6 Å². The summed E-state index contributed by atoms with van der Waals surface area (Å²) >= 11 is 1.20. The van der Waals surface area contributed by atoms with Gasteiger partial charge in [-0.2, -0.15) is 0 Å². The van der Waals surface area contributed by atoms with Crippen LogP contribution in [0.4, 0.5) is 0 Å². The van der Waals surface area contributed by atoms with Gasteiger partial charge >= 0.3 is 11.9 Å². The SMILES string of the molecule is CCOC(=O)C1=C(c2ccccc2)N=c2s/c(=C/c3ccc(-c4ccc(C(=O)OC(C)C)cc4C)o3)c(=O)n2[C@@H]1c1ccc2c(c1)OCO2. The number of carbonyl (C=O) groups excluding carboxylic acids is 2. The minimum absolute atomic E-state index is 0.0802. The van der Waals surface area contributed by atoms with Gasteiger partial charge in [-0.15, -0.1) is 0 Å². The molecule has 0 saturated heterocycles. The van der Waals surface area contributed by atoms with Gasteiger partial charge in [0.2, 0.25) is 6.79 Å². The van der Waals surface area contributed by atoms with E-state index in [-0.39, 0.29) is 36.6 Å². The number of carbonyl (C=O) groups is 2. The van der Waals surface area contributed by atoms with Crippen LogP contribution in [-0.4, -0.2) is 36.0 Å². The molecule has 0 fully saturated rings. The number of fused-ring (bicyclic) bond motifs is 2. The summed E-state index contributed by atoms with van der Waals surface area (Å²) in [6.45, 7) is 7.46. The van der Waals surface area contributed by atoms with E-state index in [9.17, 15) is 14.4 Å². The quantitative estimate of drug-likeness (QED) is 0.189. The number of esters is 2. The lowest BCUT2D eigenvalue weighted by Crippen LogP contribution is -2.40. The molecule has 4 heterocycles. The van der Waals surface area contributed by atoms with Gasteiger partial charge in [0.05, 0.1) is 40.1 Å². The van der Waals surface area contributed by atoms with Crippen molar-refractivity contribution in [2.45, 2.75) is 39.8 Å². The zero-order valence-corrected chi connectivity index (χ0v) is 28.0. The molecule has 248 valence electrons. The van der Waals surface area contributed by atoms with E-state index in [2.05, 4.69) is 0 Å². The van der Waals surface area contributed by atoms with E-state index < -0.39 is 12.0 Å². The van der Waals surface area contributed by atoms with E-state index >= 15 is 0 Å². The third-order valence-electron chi connectivity index (χ3n) is 8.06. The lowest BCUT2D eigenvalue weighted by molar-refractivity contribution is -0.138. The molecular formula is C38H32N2O8S. The first kappa shape index (κ1) is 31.9. The highest BCUT2D eigenvalue weighted by atomic mass is 32.1. The molecular weight excluding hydrogens is 644 g/mol. The van der Waals surface area contributed by atoms with Gasteiger partial charge in [0.15, 0.2) is 16.3 Å². The van der Waals surface area contributed by atoms with E-state index in [1.807, 2.05) is 55.5 Å². The van der Waals surface area contributed by atoms with Gasteiger partial charge in [-0.25, -0.2) is 14.6 Å². The Morgan fingerprint density at radius 2 is 1.80 bits per heavy atom. The van der Waals surface area contributed by atoms with Crippen molar-refractivity contribution in [2.24, 2.45) is 4.99 Å². The molecule has 5 aromatic rings. The molecule has 0 saturated carbocycles. The van der Waals surface area contributed by atoms with E-state index in [1.54, 1.807) is 57.2 Å². The second kappa shape index (κ2) is 13.1. The summed E-state index contributed by atoms with van der Waals surface area (Å²) in [6, 6.07) is 22.7. The summed E-state index contributed by atoms with van der Waals surface area (Å²) in [5, 5.41) is 0. The standard InChI is InChI=1S/C38H32N2O8S/c1-5-44-37(43)32-33(23-9-7-6-8-10-23)39-38-40(34(32)24-12-15-29-30(18-24)46-20-45-29)35(41)31(49-38)19-26-13-16-28(48-26)27-14-11-25(17-22(27)4)36(42)47-21(2)3/h6-19,21,34H,5,20H2,1-4H3/b31-19+/t34-/m1/s1. The van der Waals surface area contributed by atoms with Crippen molar-refractivity contribution < 1.29 is 33.0 Å². The molecule has 7 rings (SSSR count). The summed E-state index contributed by atoms with van der Waals surface area (Å²) in [5.74, 6) is 1.17. The number of benzene rings is 3. The molecule has 0 radical (unpaired) electrons. The van der Waals surface area contributed by atoms with E-state index in [0.717, 1.165) is 11.1 Å². The van der Waals surface area contributed by atoms with Crippen molar-refractivity contribution in [1.82, 2.24) is 4.57 Å². The highest BCUT2D eigenvalue weighted by molar-refractivity contribution is 7.07. The zero-order chi connectivity index (χ0) is 34.2. The number of aromatic nitrogens is 1. The third-order valence-corrected chi connectivity index (χ3v) is 9.04. The van der Waals surface area contributed by atoms with Crippen molar-refractivity contribution in [3.63, 3.8) is 0 Å². The Kier molecular flexibility index (Phi) is 8.52. The molecule has 2 aliphatic heterocycles. The van der Waals surface area contributed by atoms with Gasteiger partial charge in [-0.05, 0) is 75.2 Å². The monoisotopic (exact) mass is 676 g/mol. The summed E-state index contributed by atoms with van der Waals surface area (Å²) in [7, 11) is 0. The van der Waals surface area contributed by atoms with Crippen LogP contribution < -0.4 is 24.4 Å². The molecule has 49 heavy (non-hydrogen) atoms. The van der Waals surface area contributed by atoms with Crippen LogP contribution in [0.5, 0.6) is 11.5 Å². The molecule has 0 amide bonds. The number of thiazole rings is 1. The van der Waals surface area contributed by atoms with Crippen LogP contribution in [-0.2, 0) is 14.3 Å². The predicted octanol–water partition coefficient (Wildman–Crippen LogP) is 5.80. The molecule has 1 atom stereocenters. The number of furan rings is 1. The number of ether oxygens (including phenoxy) is 4. The molecule has 10 nitrogen and oxygen atoms in total. The summed E-state index contributed by atoms with van der Waals surface area (Å²) < 4.78 is 30.2. The lowest BCUT2D eigenvalue weighted by Gasteiger charge is -2.26. The van der Waals surface area contributed by atoms with Crippen molar-refractivity contribution in [3.05, 3.63) is 132 Å². The largest absolute Gasteiger partial charge is 0.463 e. The van der Waals surface area contributed by atoms with Crippen LogP contribution in [0.25, 0.3) is 23.1 Å². The first-order chi connectivity index (χ1) is 23.7. The van der Waals surface area contributed by atoms with Crippen molar-refractivity contribution in [3.8, 4) is 22.8 Å². The Hall–Kier alpha value is -5.68. The molecule has 0 aliphatic carbocycles. The zero-order valence-electron chi connectivity index (χ0n) is 27.2. The highest BCUT2D eigenvalue weighted by Gasteiger charge is 2.36.